The van der Waals surface area contributed by atoms with Crippen LogP contribution in [0, 0.1) is 0 Å². The molecule has 3 rings (SSSR count). The number of benzene rings is 1. The first-order valence-corrected chi connectivity index (χ1v) is 8.53. The van der Waals surface area contributed by atoms with Crippen LogP contribution in [0.25, 0.3) is 0 Å². The van der Waals surface area contributed by atoms with E-state index in [0.29, 0.717) is 11.2 Å². The Hall–Kier alpha value is -0.830. The van der Waals surface area contributed by atoms with Gasteiger partial charge in [0.2, 0.25) is 0 Å². The Labute approximate surface area is 110 Å². The first-order valence-electron chi connectivity index (χ1n) is 6.96. The standard InChI is InChI=1S/C15H21NOS/c1-11(2)12-5-8-15-13(10-12)4-3-9-16-18(15,17)14-6-7-14/h5,8,10-11,14H,3-4,6-7,9H2,1-2H3. The van der Waals surface area contributed by atoms with Crippen LogP contribution in [0.3, 0.4) is 0 Å². The fourth-order valence-electron chi connectivity index (χ4n) is 2.65. The van der Waals surface area contributed by atoms with E-state index in [4.69, 9.17) is 0 Å². The molecular weight excluding hydrogens is 242 g/mol. The minimum Gasteiger partial charge on any atom is -0.244 e. The van der Waals surface area contributed by atoms with Gasteiger partial charge in [0.25, 0.3) is 0 Å². The number of hydrogen-bond donors (Lipinski definition) is 0. The largest absolute Gasteiger partial charge is 0.244 e. The van der Waals surface area contributed by atoms with Gasteiger partial charge in [0.1, 0.15) is 0 Å². The van der Waals surface area contributed by atoms with E-state index in [-0.39, 0.29) is 0 Å². The third-order valence-electron chi connectivity index (χ3n) is 3.93. The normalized spacial score (nSPS) is 27.5. The van der Waals surface area contributed by atoms with Crippen molar-refractivity contribution in [1.29, 1.82) is 0 Å². The van der Waals surface area contributed by atoms with E-state index in [0.717, 1.165) is 37.1 Å². The molecular formula is C15H21NOS. The number of aryl methyl sites for hydroxylation is 1. The molecule has 1 aliphatic heterocycles. The molecule has 0 N–H and O–H groups in total. The molecule has 1 aromatic rings. The van der Waals surface area contributed by atoms with Crippen molar-refractivity contribution in [2.75, 3.05) is 6.54 Å². The van der Waals surface area contributed by atoms with Crippen molar-refractivity contribution >= 4 is 9.73 Å². The van der Waals surface area contributed by atoms with Gasteiger partial charge in [-0.3, -0.25) is 0 Å². The smallest absolute Gasteiger partial charge is 0.0784 e. The Bertz CT molecular complexity index is 578. The van der Waals surface area contributed by atoms with Crippen LogP contribution >= 0.6 is 0 Å². The Morgan fingerprint density at radius 1 is 1.33 bits per heavy atom. The van der Waals surface area contributed by atoms with Crippen molar-refractivity contribution in [3.05, 3.63) is 29.3 Å². The molecule has 1 saturated carbocycles. The van der Waals surface area contributed by atoms with Crippen molar-refractivity contribution in [1.82, 2.24) is 0 Å². The third kappa shape index (κ3) is 1.99. The summed E-state index contributed by atoms with van der Waals surface area (Å²) in [6.45, 7) is 5.18. The van der Waals surface area contributed by atoms with Crippen molar-refractivity contribution in [3.63, 3.8) is 0 Å². The summed E-state index contributed by atoms with van der Waals surface area (Å²) < 4.78 is 17.7. The third-order valence-corrected chi connectivity index (χ3v) is 6.90. The van der Waals surface area contributed by atoms with E-state index in [1.165, 1.54) is 11.1 Å². The van der Waals surface area contributed by atoms with E-state index in [1.54, 1.807) is 0 Å². The molecule has 1 fully saturated rings. The number of nitrogens with zero attached hydrogens (tertiary/aromatic N) is 1. The predicted molar refractivity (Wildman–Crippen MR) is 75.6 cm³/mol. The monoisotopic (exact) mass is 263 g/mol. The number of fused-ring (bicyclic) bond motifs is 1. The van der Waals surface area contributed by atoms with Gasteiger partial charge in [-0.2, -0.15) is 0 Å². The van der Waals surface area contributed by atoms with Gasteiger partial charge in [-0.25, -0.2) is 8.57 Å². The fourth-order valence-corrected chi connectivity index (χ4v) is 5.33. The van der Waals surface area contributed by atoms with Crippen molar-refractivity contribution < 1.29 is 4.21 Å². The van der Waals surface area contributed by atoms with Gasteiger partial charge >= 0.3 is 0 Å². The van der Waals surface area contributed by atoms with Crippen LogP contribution in [0.5, 0.6) is 0 Å². The van der Waals surface area contributed by atoms with Crippen LogP contribution in [0.4, 0.5) is 0 Å². The lowest BCUT2D eigenvalue weighted by Crippen LogP contribution is -2.09. The van der Waals surface area contributed by atoms with Crippen LogP contribution in [0.15, 0.2) is 27.5 Å². The molecule has 0 radical (unpaired) electrons. The van der Waals surface area contributed by atoms with E-state index in [2.05, 4.69) is 36.4 Å². The molecule has 0 amide bonds. The van der Waals surface area contributed by atoms with Crippen molar-refractivity contribution in [2.24, 2.45) is 4.36 Å². The Morgan fingerprint density at radius 3 is 2.78 bits per heavy atom. The zero-order valence-corrected chi connectivity index (χ0v) is 12.0. The summed E-state index contributed by atoms with van der Waals surface area (Å²) >= 11 is 0. The fraction of sp³-hybridized carbons (Fsp3) is 0.600. The molecule has 2 aliphatic rings. The van der Waals surface area contributed by atoms with Crippen molar-refractivity contribution in [2.45, 2.75) is 55.6 Å². The van der Waals surface area contributed by atoms with E-state index in [1.807, 2.05) is 0 Å². The quantitative estimate of drug-likeness (QED) is 0.799. The van der Waals surface area contributed by atoms with Gasteiger partial charge in [-0.15, -0.1) is 0 Å². The maximum Gasteiger partial charge on any atom is 0.0784 e. The molecule has 0 bridgehead atoms. The molecule has 98 valence electrons. The first kappa shape index (κ1) is 12.2. The SMILES string of the molecule is CC(C)c1ccc2c(c1)CCCN=S2(=O)C1CC1. The summed E-state index contributed by atoms with van der Waals surface area (Å²) in [5, 5.41) is 0.333. The lowest BCUT2D eigenvalue weighted by atomic mass is 9.99. The summed E-state index contributed by atoms with van der Waals surface area (Å²) in [6.07, 6.45) is 4.25. The molecule has 18 heavy (non-hydrogen) atoms. The van der Waals surface area contributed by atoms with E-state index >= 15 is 0 Å². The molecule has 1 atom stereocenters. The topological polar surface area (TPSA) is 29.4 Å². The van der Waals surface area contributed by atoms with Crippen molar-refractivity contribution in [3.8, 4) is 0 Å². The zero-order valence-electron chi connectivity index (χ0n) is 11.2. The molecule has 0 spiro atoms. The molecule has 0 aromatic heterocycles. The Morgan fingerprint density at radius 2 is 2.11 bits per heavy atom. The lowest BCUT2D eigenvalue weighted by Gasteiger charge is -2.14. The minimum absolute atomic E-state index is 0.333. The van der Waals surface area contributed by atoms with Crippen LogP contribution in [0.1, 0.15) is 50.2 Å². The number of rotatable bonds is 2. The molecule has 0 saturated heterocycles. The van der Waals surface area contributed by atoms with Crippen LogP contribution in [-0.2, 0) is 16.1 Å². The zero-order chi connectivity index (χ0) is 12.8. The van der Waals surface area contributed by atoms with Crippen LogP contribution < -0.4 is 0 Å². The summed E-state index contributed by atoms with van der Waals surface area (Å²) in [5.41, 5.74) is 2.65. The maximum absolute atomic E-state index is 13.1. The second-order valence-electron chi connectivity index (χ2n) is 5.75. The highest BCUT2D eigenvalue weighted by molar-refractivity contribution is 7.94. The highest BCUT2D eigenvalue weighted by Gasteiger charge is 2.36. The summed E-state index contributed by atoms with van der Waals surface area (Å²) in [7, 11) is -2.11. The van der Waals surface area contributed by atoms with Gasteiger partial charge in [0.05, 0.1) is 14.6 Å². The molecule has 1 aliphatic carbocycles. The summed E-state index contributed by atoms with van der Waals surface area (Å²) in [5.74, 6) is 0.535. The van der Waals surface area contributed by atoms with E-state index < -0.39 is 9.73 Å². The summed E-state index contributed by atoms with van der Waals surface area (Å²) in [6, 6.07) is 6.51. The van der Waals surface area contributed by atoms with Gasteiger partial charge in [0, 0.05) is 11.8 Å². The van der Waals surface area contributed by atoms with E-state index in [9.17, 15) is 4.21 Å². The second kappa shape index (κ2) is 4.37. The highest BCUT2D eigenvalue weighted by Crippen LogP contribution is 2.39. The molecule has 3 heteroatoms. The maximum atomic E-state index is 13.1. The average molecular weight is 263 g/mol. The van der Waals surface area contributed by atoms with Gasteiger partial charge in [-0.05, 0) is 48.8 Å². The number of hydrogen-bond acceptors (Lipinski definition) is 2. The Kier molecular flexibility index (Phi) is 2.97. The Balaban J connectivity index is 2.14. The molecule has 1 aromatic carbocycles. The highest BCUT2D eigenvalue weighted by atomic mass is 32.2. The van der Waals surface area contributed by atoms with Crippen LogP contribution in [-0.4, -0.2) is 16.0 Å². The first-order chi connectivity index (χ1) is 8.61. The molecule has 1 heterocycles. The predicted octanol–water partition coefficient (Wildman–Crippen LogP) is 3.75. The lowest BCUT2D eigenvalue weighted by molar-refractivity contribution is 0.674. The molecule has 1 unspecified atom stereocenters. The molecule has 2 nitrogen and oxygen atoms in total. The van der Waals surface area contributed by atoms with Gasteiger partial charge < -0.3 is 0 Å². The van der Waals surface area contributed by atoms with Crippen LogP contribution in [0.2, 0.25) is 0 Å². The van der Waals surface area contributed by atoms with Gasteiger partial charge in [-0.1, -0.05) is 26.0 Å². The minimum atomic E-state index is -2.11. The van der Waals surface area contributed by atoms with Gasteiger partial charge in [0.15, 0.2) is 0 Å². The average Bonchev–Trinajstić information content (AvgIpc) is 3.17. The second-order valence-corrected chi connectivity index (χ2v) is 8.25. The summed E-state index contributed by atoms with van der Waals surface area (Å²) in [4.78, 5) is 1.05.